The third kappa shape index (κ3) is 7.23. The number of anilines is 2. The van der Waals surface area contributed by atoms with Gasteiger partial charge in [0.1, 0.15) is 18.1 Å². The molecule has 3 amide bonds. The van der Waals surface area contributed by atoms with E-state index in [9.17, 15) is 9.59 Å². The third-order valence-electron chi connectivity index (χ3n) is 4.94. The number of hydrogen-bond donors (Lipinski definition) is 2. The number of amides is 3. The molecule has 0 aliphatic rings. The van der Waals surface area contributed by atoms with Gasteiger partial charge in [0.15, 0.2) is 0 Å². The first kappa shape index (κ1) is 26.2. The maximum absolute atomic E-state index is 13.0. The molecule has 0 aliphatic carbocycles. The molecular weight excluding hydrogens is 418 g/mol. The number of hydrogen-bond acceptors (Lipinski definition) is 4. The van der Waals surface area contributed by atoms with Crippen LogP contribution in [-0.4, -0.2) is 46.8 Å². The fourth-order valence-corrected chi connectivity index (χ4v) is 3.31. The lowest BCUT2D eigenvalue weighted by molar-refractivity contribution is -0.116. The minimum atomic E-state index is -0.358. The predicted molar refractivity (Wildman–Crippen MR) is 133 cm³/mol. The van der Waals surface area contributed by atoms with Crippen LogP contribution in [0.2, 0.25) is 0 Å². The van der Waals surface area contributed by atoms with Crippen LogP contribution >= 0.6 is 0 Å². The van der Waals surface area contributed by atoms with E-state index in [2.05, 4.69) is 31.4 Å². The highest BCUT2D eigenvalue weighted by atomic mass is 16.5. The van der Waals surface area contributed by atoms with Crippen molar-refractivity contribution in [3.63, 3.8) is 0 Å². The normalized spacial score (nSPS) is 11.9. The topological polar surface area (TPSA) is 88.5 Å². The van der Waals surface area contributed by atoms with Crippen molar-refractivity contribution in [2.24, 2.45) is 5.92 Å². The van der Waals surface area contributed by atoms with Crippen LogP contribution in [0.4, 0.5) is 16.3 Å². The molecule has 33 heavy (non-hydrogen) atoms. The smallest absolute Gasteiger partial charge is 0.322 e. The summed E-state index contributed by atoms with van der Waals surface area (Å²) in [6.07, 6.45) is 0. The van der Waals surface area contributed by atoms with Gasteiger partial charge in [0.2, 0.25) is 5.91 Å². The molecule has 0 atom stereocenters. The molecule has 8 heteroatoms. The molecule has 2 aromatic rings. The molecule has 1 aromatic heterocycles. The molecule has 0 aliphatic heterocycles. The first-order chi connectivity index (χ1) is 15.2. The van der Waals surface area contributed by atoms with Crippen LogP contribution in [0.25, 0.3) is 0 Å². The quantitative estimate of drug-likeness (QED) is 0.607. The van der Waals surface area contributed by atoms with Gasteiger partial charge in [0.25, 0.3) is 0 Å². The highest BCUT2D eigenvalue weighted by Crippen LogP contribution is 2.28. The average Bonchev–Trinajstić information content (AvgIpc) is 3.12. The number of urea groups is 1. The molecule has 2 rings (SSSR count). The van der Waals surface area contributed by atoms with E-state index in [1.807, 2.05) is 57.5 Å². The molecule has 0 saturated heterocycles. The summed E-state index contributed by atoms with van der Waals surface area (Å²) < 4.78 is 7.15. The summed E-state index contributed by atoms with van der Waals surface area (Å²) in [4.78, 5) is 27.6. The van der Waals surface area contributed by atoms with E-state index in [0.717, 1.165) is 5.69 Å². The monoisotopic (exact) mass is 457 g/mol. The van der Waals surface area contributed by atoms with Crippen molar-refractivity contribution in [2.75, 3.05) is 30.8 Å². The van der Waals surface area contributed by atoms with E-state index >= 15 is 0 Å². The summed E-state index contributed by atoms with van der Waals surface area (Å²) in [7, 11) is 1.55. The van der Waals surface area contributed by atoms with Crippen LogP contribution in [0.15, 0.2) is 30.3 Å². The SMILES string of the molecule is COc1ccccc1NC(=O)N(CC(=O)Nc1cc(C(C)(C)C)nn1C(C)(C)C)CC(C)C. The van der Waals surface area contributed by atoms with Gasteiger partial charge in [-0.05, 0) is 38.8 Å². The number of methoxy groups -OCH3 is 1. The van der Waals surface area contributed by atoms with Gasteiger partial charge in [-0.3, -0.25) is 4.79 Å². The van der Waals surface area contributed by atoms with Crippen LogP contribution in [0.3, 0.4) is 0 Å². The molecule has 0 saturated carbocycles. The first-order valence-electron chi connectivity index (χ1n) is 11.3. The lowest BCUT2D eigenvalue weighted by atomic mass is 9.92. The number of carbonyl (C=O) groups excluding carboxylic acids is 2. The average molecular weight is 458 g/mol. The molecular formula is C25H39N5O3. The summed E-state index contributed by atoms with van der Waals surface area (Å²) >= 11 is 0. The third-order valence-corrected chi connectivity index (χ3v) is 4.94. The molecule has 0 bridgehead atoms. The zero-order chi connectivity index (χ0) is 25.0. The van der Waals surface area contributed by atoms with Crippen molar-refractivity contribution in [3.05, 3.63) is 36.0 Å². The Balaban J connectivity index is 2.22. The Bertz CT molecular complexity index is 967. The van der Waals surface area contributed by atoms with E-state index in [-0.39, 0.29) is 35.4 Å². The number of nitrogens with zero attached hydrogens (tertiary/aromatic N) is 3. The first-order valence-corrected chi connectivity index (χ1v) is 11.3. The minimum Gasteiger partial charge on any atom is -0.495 e. The number of carbonyl (C=O) groups is 2. The molecule has 2 N–H and O–H groups in total. The van der Waals surface area contributed by atoms with Gasteiger partial charge in [-0.2, -0.15) is 5.10 Å². The Hall–Kier alpha value is -3.03. The Morgan fingerprint density at radius 3 is 2.27 bits per heavy atom. The number of aromatic nitrogens is 2. The zero-order valence-corrected chi connectivity index (χ0v) is 21.4. The van der Waals surface area contributed by atoms with E-state index in [1.54, 1.807) is 19.2 Å². The summed E-state index contributed by atoms with van der Waals surface area (Å²) in [6.45, 7) is 16.7. The zero-order valence-electron chi connectivity index (χ0n) is 21.4. The second-order valence-electron chi connectivity index (χ2n) is 10.7. The summed E-state index contributed by atoms with van der Waals surface area (Å²) in [5.74, 6) is 1.08. The molecule has 0 radical (unpaired) electrons. The Morgan fingerprint density at radius 2 is 1.73 bits per heavy atom. The summed E-state index contributed by atoms with van der Waals surface area (Å²) in [5.41, 5.74) is 0.972. The van der Waals surface area contributed by atoms with Gasteiger partial charge in [-0.15, -0.1) is 0 Å². The van der Waals surface area contributed by atoms with Crippen LogP contribution in [-0.2, 0) is 15.7 Å². The molecule has 182 valence electrons. The highest BCUT2D eigenvalue weighted by Gasteiger charge is 2.27. The van der Waals surface area contributed by atoms with Gasteiger partial charge in [-0.1, -0.05) is 46.8 Å². The van der Waals surface area contributed by atoms with Crippen molar-refractivity contribution in [3.8, 4) is 5.75 Å². The maximum Gasteiger partial charge on any atom is 0.322 e. The Kier molecular flexibility index (Phi) is 8.16. The lowest BCUT2D eigenvalue weighted by Gasteiger charge is -2.26. The molecule has 0 spiro atoms. The van der Waals surface area contributed by atoms with Crippen molar-refractivity contribution >= 4 is 23.4 Å². The minimum absolute atomic E-state index is 0.0840. The number of rotatable bonds is 7. The molecule has 0 unspecified atom stereocenters. The highest BCUT2D eigenvalue weighted by molar-refractivity contribution is 5.97. The molecule has 8 nitrogen and oxygen atoms in total. The summed E-state index contributed by atoms with van der Waals surface area (Å²) in [5, 5.41) is 10.6. The van der Waals surface area contributed by atoms with E-state index in [1.165, 1.54) is 4.90 Å². The predicted octanol–water partition coefficient (Wildman–Crippen LogP) is 5.07. The fraction of sp³-hybridized carbons (Fsp3) is 0.560. The van der Waals surface area contributed by atoms with E-state index in [4.69, 9.17) is 9.84 Å². The van der Waals surface area contributed by atoms with E-state index < -0.39 is 0 Å². The Labute approximate surface area is 197 Å². The number of ether oxygens (including phenoxy) is 1. The number of nitrogens with one attached hydrogen (secondary N) is 2. The van der Waals surface area contributed by atoms with Crippen molar-refractivity contribution < 1.29 is 14.3 Å². The fourth-order valence-electron chi connectivity index (χ4n) is 3.31. The van der Waals surface area contributed by atoms with Gasteiger partial charge in [0.05, 0.1) is 24.0 Å². The molecule has 0 fully saturated rings. The second kappa shape index (κ2) is 10.3. The molecule has 1 aromatic carbocycles. The van der Waals surface area contributed by atoms with Crippen molar-refractivity contribution in [1.29, 1.82) is 0 Å². The van der Waals surface area contributed by atoms with Gasteiger partial charge in [-0.25, -0.2) is 9.48 Å². The Morgan fingerprint density at radius 1 is 1.09 bits per heavy atom. The largest absolute Gasteiger partial charge is 0.495 e. The lowest BCUT2D eigenvalue weighted by Crippen LogP contribution is -2.43. The number of para-hydroxylation sites is 2. The molecule has 1 heterocycles. The number of benzene rings is 1. The van der Waals surface area contributed by atoms with Gasteiger partial charge in [0, 0.05) is 18.0 Å². The van der Waals surface area contributed by atoms with E-state index in [0.29, 0.717) is 23.8 Å². The van der Waals surface area contributed by atoms with Crippen molar-refractivity contribution in [2.45, 2.75) is 66.3 Å². The summed E-state index contributed by atoms with van der Waals surface area (Å²) in [6, 6.07) is 8.74. The van der Waals surface area contributed by atoms with Gasteiger partial charge < -0.3 is 20.3 Å². The van der Waals surface area contributed by atoms with Crippen LogP contribution in [0.1, 0.15) is 61.1 Å². The van der Waals surface area contributed by atoms with Crippen molar-refractivity contribution in [1.82, 2.24) is 14.7 Å². The standard InChI is InChI=1S/C25H39N5O3/c1-17(2)15-29(23(32)26-18-12-10-11-13-19(18)33-9)16-22(31)27-21-14-20(24(3,4)5)28-30(21)25(6,7)8/h10-14,17H,15-16H2,1-9H3,(H,26,32)(H,27,31). The van der Waals surface area contributed by atoms with Gasteiger partial charge >= 0.3 is 6.03 Å². The van der Waals surface area contributed by atoms with Crippen LogP contribution in [0, 0.1) is 5.92 Å². The van der Waals surface area contributed by atoms with Crippen LogP contribution < -0.4 is 15.4 Å². The maximum atomic E-state index is 13.0. The van der Waals surface area contributed by atoms with Crippen LogP contribution in [0.5, 0.6) is 5.75 Å². The second-order valence-corrected chi connectivity index (χ2v) is 10.7.